The maximum atomic E-state index is 11.9. The molecule has 4 nitrogen and oxygen atoms in total. The summed E-state index contributed by atoms with van der Waals surface area (Å²) in [5.74, 6) is -0.620. The first-order chi connectivity index (χ1) is 11.5. The van der Waals surface area contributed by atoms with Crippen molar-refractivity contribution in [2.45, 2.75) is 0 Å². The van der Waals surface area contributed by atoms with Crippen LogP contribution in [-0.2, 0) is 9.53 Å². The predicted octanol–water partition coefficient (Wildman–Crippen LogP) is 4.71. The fraction of sp³-hybridized carbons (Fsp3) is 0. The number of benzene rings is 2. The Morgan fingerprint density at radius 2 is 1.83 bits per heavy atom. The average molecular weight is 360 g/mol. The molecule has 2 aromatic carbocycles. The Morgan fingerprint density at radius 3 is 2.58 bits per heavy atom. The molecule has 0 bridgehead atoms. The molecule has 0 fully saturated rings. The first-order valence-electron chi connectivity index (χ1n) is 6.96. The highest BCUT2D eigenvalue weighted by atomic mass is 35.5. The van der Waals surface area contributed by atoms with Crippen molar-refractivity contribution >= 4 is 47.2 Å². The Morgan fingerprint density at radius 1 is 1.08 bits per heavy atom. The Bertz CT molecular complexity index is 887. The van der Waals surface area contributed by atoms with E-state index in [4.69, 9.17) is 27.9 Å². The van der Waals surface area contributed by atoms with Crippen LogP contribution in [0.2, 0.25) is 10.0 Å². The second kappa shape index (κ2) is 6.91. The van der Waals surface area contributed by atoms with Gasteiger partial charge >= 0.3 is 5.97 Å². The molecule has 0 saturated heterocycles. The fourth-order valence-electron chi connectivity index (χ4n) is 2.07. The minimum absolute atomic E-state index is 0.0522. The molecule has 1 heterocycles. The van der Waals surface area contributed by atoms with E-state index in [0.717, 1.165) is 5.56 Å². The van der Waals surface area contributed by atoms with E-state index in [9.17, 15) is 9.90 Å². The second-order valence-electron chi connectivity index (χ2n) is 4.94. The number of hydrogen-bond acceptors (Lipinski definition) is 4. The zero-order chi connectivity index (χ0) is 17.1. The molecule has 0 aromatic heterocycles. The van der Waals surface area contributed by atoms with E-state index >= 15 is 0 Å². The van der Waals surface area contributed by atoms with Gasteiger partial charge in [0.15, 0.2) is 5.70 Å². The number of aromatic hydroxyl groups is 1. The molecule has 0 radical (unpaired) electrons. The summed E-state index contributed by atoms with van der Waals surface area (Å²) in [6.07, 6.45) is 4.75. The first-order valence-corrected chi connectivity index (χ1v) is 7.72. The Labute approximate surface area is 148 Å². The van der Waals surface area contributed by atoms with Crippen LogP contribution in [0.4, 0.5) is 0 Å². The Kier molecular flexibility index (Phi) is 4.69. The summed E-state index contributed by atoms with van der Waals surface area (Å²) in [7, 11) is 0. The zero-order valence-corrected chi connectivity index (χ0v) is 13.8. The third-order valence-corrected chi connectivity index (χ3v) is 3.71. The summed E-state index contributed by atoms with van der Waals surface area (Å²) in [4.78, 5) is 16.0. The van der Waals surface area contributed by atoms with Crippen molar-refractivity contribution in [2.24, 2.45) is 4.99 Å². The maximum Gasteiger partial charge on any atom is 0.363 e. The van der Waals surface area contributed by atoms with Crippen molar-refractivity contribution in [3.8, 4) is 5.75 Å². The molecule has 0 unspecified atom stereocenters. The molecule has 0 saturated carbocycles. The molecule has 0 atom stereocenters. The summed E-state index contributed by atoms with van der Waals surface area (Å²) >= 11 is 11.8. The molecule has 1 aliphatic rings. The highest BCUT2D eigenvalue weighted by Crippen LogP contribution is 2.33. The van der Waals surface area contributed by atoms with Gasteiger partial charge in [-0.2, -0.15) is 0 Å². The number of phenolic OH excluding ortho intramolecular Hbond substituents is 1. The van der Waals surface area contributed by atoms with Gasteiger partial charge in [-0.05, 0) is 29.8 Å². The number of aliphatic imine (C=N–C) groups is 1. The molecule has 0 aliphatic carbocycles. The van der Waals surface area contributed by atoms with Crippen LogP contribution in [-0.4, -0.2) is 17.0 Å². The van der Waals surface area contributed by atoms with Gasteiger partial charge in [0.1, 0.15) is 5.75 Å². The van der Waals surface area contributed by atoms with E-state index in [1.54, 1.807) is 12.2 Å². The van der Waals surface area contributed by atoms with Crippen LogP contribution >= 0.6 is 23.2 Å². The fourth-order valence-corrected chi connectivity index (χ4v) is 2.58. The van der Waals surface area contributed by atoms with Crippen LogP contribution in [0.25, 0.3) is 12.2 Å². The molecule has 2 aromatic rings. The molecule has 3 rings (SSSR count). The van der Waals surface area contributed by atoms with E-state index in [0.29, 0.717) is 5.02 Å². The highest BCUT2D eigenvalue weighted by molar-refractivity contribution is 6.36. The summed E-state index contributed by atoms with van der Waals surface area (Å²) in [5.41, 5.74) is 1.29. The van der Waals surface area contributed by atoms with Crippen LogP contribution in [0.1, 0.15) is 11.1 Å². The molecule has 24 heavy (non-hydrogen) atoms. The van der Waals surface area contributed by atoms with Gasteiger partial charge in [0, 0.05) is 16.7 Å². The van der Waals surface area contributed by atoms with Crippen LogP contribution in [0, 0.1) is 0 Å². The van der Waals surface area contributed by atoms with Crippen LogP contribution in [0.3, 0.4) is 0 Å². The van der Waals surface area contributed by atoms with Gasteiger partial charge in [-0.3, -0.25) is 0 Å². The number of halogens is 2. The van der Waals surface area contributed by atoms with Gasteiger partial charge in [0.2, 0.25) is 5.90 Å². The molecule has 1 aliphatic heterocycles. The van der Waals surface area contributed by atoms with Gasteiger partial charge in [-0.25, -0.2) is 9.79 Å². The van der Waals surface area contributed by atoms with Crippen molar-refractivity contribution in [1.29, 1.82) is 0 Å². The van der Waals surface area contributed by atoms with Gasteiger partial charge < -0.3 is 9.84 Å². The van der Waals surface area contributed by atoms with E-state index in [1.165, 1.54) is 18.2 Å². The third-order valence-electron chi connectivity index (χ3n) is 3.20. The van der Waals surface area contributed by atoms with Crippen LogP contribution < -0.4 is 0 Å². The smallest absolute Gasteiger partial charge is 0.363 e. The number of phenols is 1. The van der Waals surface area contributed by atoms with Crippen molar-refractivity contribution in [2.75, 3.05) is 0 Å². The number of hydrogen-bond donors (Lipinski definition) is 1. The second-order valence-corrected chi connectivity index (χ2v) is 5.78. The molecule has 6 heteroatoms. The lowest BCUT2D eigenvalue weighted by Crippen LogP contribution is -2.01. The van der Waals surface area contributed by atoms with E-state index in [1.807, 2.05) is 30.3 Å². The summed E-state index contributed by atoms with van der Waals surface area (Å²) in [6, 6.07) is 12.4. The number of esters is 1. The van der Waals surface area contributed by atoms with Gasteiger partial charge in [-0.1, -0.05) is 53.5 Å². The minimum Gasteiger partial charge on any atom is -0.506 e. The lowest BCUT2D eigenvalue weighted by molar-refractivity contribution is -0.129. The van der Waals surface area contributed by atoms with E-state index < -0.39 is 5.97 Å². The van der Waals surface area contributed by atoms with Crippen molar-refractivity contribution in [1.82, 2.24) is 0 Å². The van der Waals surface area contributed by atoms with E-state index in [2.05, 4.69) is 4.99 Å². The SMILES string of the molecule is O=C1OC(/C=C/c2ccccc2)=NC/1=C/c1cc(Cl)cc(Cl)c1O. The highest BCUT2D eigenvalue weighted by Gasteiger charge is 2.22. The lowest BCUT2D eigenvalue weighted by Gasteiger charge is -2.02. The predicted molar refractivity (Wildman–Crippen MR) is 95.1 cm³/mol. The Balaban J connectivity index is 1.88. The number of nitrogens with zero attached hydrogens (tertiary/aromatic N) is 1. The summed E-state index contributed by atoms with van der Waals surface area (Å²) < 4.78 is 5.08. The molecular weight excluding hydrogens is 349 g/mol. The zero-order valence-electron chi connectivity index (χ0n) is 12.2. The third kappa shape index (κ3) is 3.67. The lowest BCUT2D eigenvalue weighted by atomic mass is 10.1. The van der Waals surface area contributed by atoms with E-state index in [-0.39, 0.29) is 27.9 Å². The minimum atomic E-state index is -0.613. The average Bonchev–Trinajstić information content (AvgIpc) is 2.91. The van der Waals surface area contributed by atoms with Crippen molar-refractivity contribution in [3.05, 3.63) is 75.4 Å². The topological polar surface area (TPSA) is 58.9 Å². The number of cyclic esters (lactones) is 1. The first kappa shape index (κ1) is 16.3. The van der Waals surface area contributed by atoms with Gasteiger partial charge in [0.25, 0.3) is 0 Å². The normalized spacial score (nSPS) is 15.8. The molecule has 1 N–H and O–H groups in total. The van der Waals surface area contributed by atoms with Crippen LogP contribution in [0.15, 0.2) is 59.2 Å². The van der Waals surface area contributed by atoms with Crippen molar-refractivity contribution < 1.29 is 14.6 Å². The quantitative estimate of drug-likeness (QED) is 0.637. The number of carbonyl (C=O) groups excluding carboxylic acids is 1. The van der Waals surface area contributed by atoms with Gasteiger partial charge in [-0.15, -0.1) is 0 Å². The standard InChI is InChI=1S/C18H11Cl2NO3/c19-13-8-12(17(22)14(20)10-13)9-15-18(23)24-16(21-15)7-6-11-4-2-1-3-5-11/h1-10,22H/b7-6+,15-9+. The summed E-state index contributed by atoms with van der Waals surface area (Å²) in [5, 5.41) is 10.4. The molecule has 0 spiro atoms. The number of rotatable bonds is 3. The van der Waals surface area contributed by atoms with Crippen LogP contribution in [0.5, 0.6) is 5.75 Å². The molecular formula is C18H11Cl2NO3. The van der Waals surface area contributed by atoms with Gasteiger partial charge in [0.05, 0.1) is 5.02 Å². The monoisotopic (exact) mass is 359 g/mol. The molecule has 120 valence electrons. The Hall–Kier alpha value is -2.56. The maximum absolute atomic E-state index is 11.9. The van der Waals surface area contributed by atoms with Crippen molar-refractivity contribution in [3.63, 3.8) is 0 Å². The number of carbonyl (C=O) groups is 1. The molecule has 0 amide bonds. The largest absolute Gasteiger partial charge is 0.506 e. The summed E-state index contributed by atoms with van der Waals surface area (Å²) in [6.45, 7) is 0. The number of ether oxygens (including phenoxy) is 1.